The molecule has 0 saturated heterocycles. The Hall–Kier alpha value is -3.87. The number of aromatic nitrogens is 1. The van der Waals surface area contributed by atoms with E-state index < -0.39 is 6.17 Å². The number of hydrogen-bond acceptors (Lipinski definition) is 3. The standard InChI is InChI=1S/C25H24N4O3/c30-22(26-13-17-27-14-5-6-15-27)12-7-16-28-23-18-8-1-2-9-19(18)25(32)29(23)21-11-4-3-10-20(21)24(28)31/h1-6,8-11,14-15,23H,7,12-13,16-17H2,(H,26,30). The summed E-state index contributed by atoms with van der Waals surface area (Å²) in [4.78, 5) is 42.2. The highest BCUT2D eigenvalue weighted by molar-refractivity contribution is 6.16. The summed E-state index contributed by atoms with van der Waals surface area (Å²) in [7, 11) is 0. The summed E-state index contributed by atoms with van der Waals surface area (Å²) in [6.07, 6.45) is 4.28. The lowest BCUT2D eigenvalue weighted by molar-refractivity contribution is -0.121. The van der Waals surface area contributed by atoms with Gasteiger partial charge in [0.1, 0.15) is 6.17 Å². The number of fused-ring (bicyclic) bond motifs is 5. The van der Waals surface area contributed by atoms with Gasteiger partial charge in [0.2, 0.25) is 5.91 Å². The summed E-state index contributed by atoms with van der Waals surface area (Å²) in [5, 5.41) is 2.93. The molecule has 0 radical (unpaired) electrons. The van der Waals surface area contributed by atoms with E-state index in [0.29, 0.717) is 42.7 Å². The van der Waals surface area contributed by atoms with Gasteiger partial charge in [-0.1, -0.05) is 30.3 Å². The van der Waals surface area contributed by atoms with Crippen LogP contribution < -0.4 is 10.2 Å². The molecule has 0 bridgehead atoms. The van der Waals surface area contributed by atoms with Gasteiger partial charge in [0.15, 0.2) is 0 Å². The number of benzene rings is 2. The molecule has 3 heterocycles. The van der Waals surface area contributed by atoms with Crippen molar-refractivity contribution < 1.29 is 14.4 Å². The zero-order valence-corrected chi connectivity index (χ0v) is 17.6. The molecule has 1 N–H and O–H groups in total. The van der Waals surface area contributed by atoms with Crippen LogP contribution in [0.1, 0.15) is 45.3 Å². The zero-order chi connectivity index (χ0) is 22.1. The monoisotopic (exact) mass is 428 g/mol. The molecule has 2 aliphatic heterocycles. The largest absolute Gasteiger partial charge is 0.354 e. The highest BCUT2D eigenvalue weighted by Crippen LogP contribution is 2.45. The maximum atomic E-state index is 13.3. The van der Waals surface area contributed by atoms with Crippen molar-refractivity contribution in [3.05, 3.63) is 89.7 Å². The van der Waals surface area contributed by atoms with Gasteiger partial charge in [-0.2, -0.15) is 0 Å². The highest BCUT2D eigenvalue weighted by atomic mass is 16.2. The van der Waals surface area contributed by atoms with Crippen molar-refractivity contribution in [2.45, 2.75) is 25.6 Å². The van der Waals surface area contributed by atoms with Gasteiger partial charge >= 0.3 is 0 Å². The average Bonchev–Trinajstić information content (AvgIpc) is 3.43. The number of hydrogen-bond donors (Lipinski definition) is 1. The molecule has 32 heavy (non-hydrogen) atoms. The lowest BCUT2D eigenvalue weighted by atomic mass is 10.0. The third-order valence-electron chi connectivity index (χ3n) is 6.04. The molecule has 5 rings (SSSR count). The van der Waals surface area contributed by atoms with Gasteiger partial charge in [-0.25, -0.2) is 0 Å². The molecule has 1 unspecified atom stereocenters. The maximum absolute atomic E-state index is 13.3. The van der Waals surface area contributed by atoms with E-state index in [2.05, 4.69) is 5.32 Å². The van der Waals surface area contributed by atoms with E-state index >= 15 is 0 Å². The third kappa shape index (κ3) is 3.45. The Labute approximate surface area is 186 Å². The van der Waals surface area contributed by atoms with Crippen LogP contribution in [-0.2, 0) is 11.3 Å². The van der Waals surface area contributed by atoms with E-state index in [1.54, 1.807) is 28.0 Å². The van der Waals surface area contributed by atoms with Crippen LogP contribution in [0.25, 0.3) is 0 Å². The molecule has 0 fully saturated rings. The molecular weight excluding hydrogens is 404 g/mol. The van der Waals surface area contributed by atoms with Crippen molar-refractivity contribution in [2.24, 2.45) is 0 Å². The summed E-state index contributed by atoms with van der Waals surface area (Å²) >= 11 is 0. The number of nitrogens with zero attached hydrogens (tertiary/aromatic N) is 3. The average molecular weight is 428 g/mol. The predicted octanol–water partition coefficient (Wildman–Crippen LogP) is 3.20. The van der Waals surface area contributed by atoms with Crippen LogP contribution >= 0.6 is 0 Å². The van der Waals surface area contributed by atoms with E-state index in [-0.39, 0.29) is 17.7 Å². The number of carbonyl (C=O) groups is 3. The minimum absolute atomic E-state index is 0.0400. The lowest BCUT2D eigenvalue weighted by Gasteiger charge is -2.41. The van der Waals surface area contributed by atoms with Crippen molar-refractivity contribution in [3.8, 4) is 0 Å². The van der Waals surface area contributed by atoms with E-state index in [1.165, 1.54) is 0 Å². The number of nitrogens with one attached hydrogen (secondary N) is 1. The van der Waals surface area contributed by atoms with Crippen LogP contribution in [-0.4, -0.2) is 40.3 Å². The second kappa shape index (κ2) is 8.34. The maximum Gasteiger partial charge on any atom is 0.260 e. The lowest BCUT2D eigenvalue weighted by Crippen LogP contribution is -2.48. The molecule has 0 saturated carbocycles. The molecule has 3 amide bonds. The Balaban J connectivity index is 1.29. The molecule has 3 aromatic rings. The Morgan fingerprint density at radius 2 is 1.56 bits per heavy atom. The van der Waals surface area contributed by atoms with Crippen molar-refractivity contribution in [3.63, 3.8) is 0 Å². The topological polar surface area (TPSA) is 74.7 Å². The molecule has 0 spiro atoms. The van der Waals surface area contributed by atoms with Gasteiger partial charge in [0.25, 0.3) is 11.8 Å². The molecular formula is C25H24N4O3. The normalized spacial score (nSPS) is 16.6. The Bertz CT molecular complexity index is 1170. The fourth-order valence-corrected chi connectivity index (χ4v) is 4.54. The van der Waals surface area contributed by atoms with Gasteiger partial charge in [0, 0.05) is 49.6 Å². The van der Waals surface area contributed by atoms with Crippen LogP contribution in [0.3, 0.4) is 0 Å². The van der Waals surface area contributed by atoms with Crippen molar-refractivity contribution >= 4 is 23.4 Å². The quantitative estimate of drug-likeness (QED) is 0.628. The van der Waals surface area contributed by atoms with Gasteiger partial charge in [-0.15, -0.1) is 0 Å². The molecule has 2 aromatic carbocycles. The minimum atomic E-state index is -0.474. The fraction of sp³-hybridized carbons (Fsp3) is 0.240. The van der Waals surface area contributed by atoms with Crippen molar-refractivity contribution in [1.82, 2.24) is 14.8 Å². The van der Waals surface area contributed by atoms with E-state index in [4.69, 9.17) is 0 Å². The summed E-state index contributed by atoms with van der Waals surface area (Å²) in [5.41, 5.74) is 2.61. The number of amides is 3. The summed E-state index contributed by atoms with van der Waals surface area (Å²) in [5.74, 6) is -0.251. The van der Waals surface area contributed by atoms with E-state index in [0.717, 1.165) is 12.1 Å². The van der Waals surface area contributed by atoms with Crippen LogP contribution in [0.15, 0.2) is 73.1 Å². The number of para-hydroxylation sites is 1. The Kier molecular flexibility index (Phi) is 5.23. The summed E-state index contributed by atoms with van der Waals surface area (Å²) < 4.78 is 2.01. The van der Waals surface area contributed by atoms with Crippen LogP contribution in [0.2, 0.25) is 0 Å². The fourth-order valence-electron chi connectivity index (χ4n) is 4.54. The molecule has 2 aliphatic rings. The van der Waals surface area contributed by atoms with Crippen LogP contribution in [0, 0.1) is 0 Å². The second-order valence-corrected chi connectivity index (χ2v) is 8.03. The number of rotatable bonds is 7. The Morgan fingerprint density at radius 1 is 0.844 bits per heavy atom. The van der Waals surface area contributed by atoms with Crippen molar-refractivity contribution in [1.29, 1.82) is 0 Å². The first-order valence-corrected chi connectivity index (χ1v) is 10.8. The molecule has 1 atom stereocenters. The first-order valence-electron chi connectivity index (χ1n) is 10.8. The highest BCUT2D eigenvalue weighted by Gasteiger charge is 2.47. The van der Waals surface area contributed by atoms with Crippen LogP contribution in [0.5, 0.6) is 0 Å². The molecule has 162 valence electrons. The zero-order valence-electron chi connectivity index (χ0n) is 17.6. The van der Waals surface area contributed by atoms with Gasteiger partial charge in [0.05, 0.1) is 11.3 Å². The molecule has 7 heteroatoms. The van der Waals surface area contributed by atoms with E-state index in [9.17, 15) is 14.4 Å². The van der Waals surface area contributed by atoms with Crippen molar-refractivity contribution in [2.75, 3.05) is 18.0 Å². The predicted molar refractivity (Wildman–Crippen MR) is 120 cm³/mol. The minimum Gasteiger partial charge on any atom is -0.354 e. The Morgan fingerprint density at radius 3 is 2.38 bits per heavy atom. The van der Waals surface area contributed by atoms with Gasteiger partial charge in [-0.05, 0) is 36.8 Å². The number of anilines is 1. The van der Waals surface area contributed by atoms with Crippen LogP contribution in [0.4, 0.5) is 5.69 Å². The molecule has 7 nitrogen and oxygen atoms in total. The number of carbonyl (C=O) groups excluding carboxylic acids is 3. The second-order valence-electron chi connectivity index (χ2n) is 8.03. The van der Waals surface area contributed by atoms with Gasteiger partial charge in [-0.3, -0.25) is 19.3 Å². The third-order valence-corrected chi connectivity index (χ3v) is 6.04. The first kappa shape index (κ1) is 20.1. The molecule has 0 aliphatic carbocycles. The smallest absolute Gasteiger partial charge is 0.260 e. The summed E-state index contributed by atoms with van der Waals surface area (Å²) in [6.45, 7) is 1.67. The molecule has 1 aromatic heterocycles. The van der Waals surface area contributed by atoms with Gasteiger partial charge < -0.3 is 14.8 Å². The summed E-state index contributed by atoms with van der Waals surface area (Å²) in [6, 6.07) is 18.6. The first-order chi connectivity index (χ1) is 15.6. The SMILES string of the molecule is O=C(CCCN1C(=O)c2ccccc2N2C(=O)c3ccccc3C12)NCCn1cccc1. The van der Waals surface area contributed by atoms with E-state index in [1.807, 2.05) is 59.4 Å².